The Morgan fingerprint density at radius 3 is 2.94 bits per heavy atom. The van der Waals surface area contributed by atoms with E-state index in [-0.39, 0.29) is 13.1 Å². The second-order valence-electron chi connectivity index (χ2n) is 3.13. The number of H-pyrrole nitrogens is 1. The van der Waals surface area contributed by atoms with Crippen molar-refractivity contribution in [2.45, 2.75) is 13.5 Å². The number of aryl methyl sites for hydroxylation is 1. The Balaban J connectivity index is 2.87. The summed E-state index contributed by atoms with van der Waals surface area (Å²) in [6.07, 6.45) is 1.30. The van der Waals surface area contributed by atoms with Crippen LogP contribution in [-0.4, -0.2) is 22.0 Å². The Bertz CT molecular complexity index is 549. The molecule has 2 N–H and O–H groups in total. The van der Waals surface area contributed by atoms with E-state index in [2.05, 4.69) is 10.3 Å². The molecule has 0 aliphatic heterocycles. The summed E-state index contributed by atoms with van der Waals surface area (Å²) in [5.74, 6) is -0.463. The number of carbonyl (C=O) groups is 1. The molecule has 0 saturated heterocycles. The van der Waals surface area contributed by atoms with E-state index in [0.29, 0.717) is 5.56 Å². The lowest BCUT2D eigenvalue weighted by molar-refractivity contribution is -0.121. The van der Waals surface area contributed by atoms with E-state index in [0.717, 1.165) is 4.57 Å². The lowest BCUT2D eigenvalue weighted by Crippen LogP contribution is -2.36. The van der Waals surface area contributed by atoms with Crippen molar-refractivity contribution in [3.8, 4) is 6.07 Å². The van der Waals surface area contributed by atoms with Gasteiger partial charge in [-0.25, -0.2) is 4.79 Å². The highest BCUT2D eigenvalue weighted by molar-refractivity contribution is 5.75. The van der Waals surface area contributed by atoms with Gasteiger partial charge in [0.15, 0.2) is 0 Å². The van der Waals surface area contributed by atoms with Crippen LogP contribution in [0.1, 0.15) is 5.56 Å². The predicted octanol–water partition coefficient (Wildman–Crippen LogP) is -1.52. The first-order chi connectivity index (χ1) is 7.54. The SMILES string of the molecule is Cc1cn(CC(=O)NCC#N)c(=O)[nH]c1=O. The van der Waals surface area contributed by atoms with Crippen molar-refractivity contribution in [3.05, 3.63) is 32.6 Å². The first-order valence-corrected chi connectivity index (χ1v) is 4.48. The van der Waals surface area contributed by atoms with Crippen molar-refractivity contribution in [2.24, 2.45) is 0 Å². The maximum absolute atomic E-state index is 11.3. The molecule has 7 nitrogen and oxygen atoms in total. The second-order valence-corrected chi connectivity index (χ2v) is 3.13. The zero-order chi connectivity index (χ0) is 12.1. The molecule has 7 heteroatoms. The van der Waals surface area contributed by atoms with Crippen LogP contribution < -0.4 is 16.6 Å². The van der Waals surface area contributed by atoms with Crippen LogP contribution in [0.4, 0.5) is 0 Å². The third-order valence-corrected chi connectivity index (χ3v) is 1.87. The van der Waals surface area contributed by atoms with Crippen molar-refractivity contribution < 1.29 is 4.79 Å². The van der Waals surface area contributed by atoms with E-state index >= 15 is 0 Å². The van der Waals surface area contributed by atoms with Crippen molar-refractivity contribution in [3.63, 3.8) is 0 Å². The van der Waals surface area contributed by atoms with Crippen LogP contribution in [0.5, 0.6) is 0 Å². The third-order valence-electron chi connectivity index (χ3n) is 1.87. The molecule has 0 atom stereocenters. The van der Waals surface area contributed by atoms with Crippen molar-refractivity contribution in [2.75, 3.05) is 6.54 Å². The Hall–Kier alpha value is -2.36. The average molecular weight is 222 g/mol. The summed E-state index contributed by atoms with van der Waals surface area (Å²) in [6, 6.07) is 1.74. The van der Waals surface area contributed by atoms with Gasteiger partial charge in [-0.15, -0.1) is 0 Å². The Morgan fingerprint density at radius 1 is 1.62 bits per heavy atom. The van der Waals surface area contributed by atoms with E-state index in [1.54, 1.807) is 6.07 Å². The standard InChI is InChI=1S/C9H10N4O3/c1-6-4-13(9(16)12-8(6)15)5-7(14)11-3-2-10/h4H,3,5H2,1H3,(H,11,14)(H,12,15,16). The fourth-order valence-electron chi connectivity index (χ4n) is 1.08. The third kappa shape index (κ3) is 2.81. The lowest BCUT2D eigenvalue weighted by Gasteiger charge is -2.04. The number of aromatic nitrogens is 2. The molecule has 1 amide bonds. The summed E-state index contributed by atoms with van der Waals surface area (Å²) in [5, 5.41) is 10.5. The average Bonchev–Trinajstić information content (AvgIpc) is 2.23. The van der Waals surface area contributed by atoms with Crippen LogP contribution in [0.2, 0.25) is 0 Å². The van der Waals surface area contributed by atoms with Gasteiger partial charge in [0.25, 0.3) is 5.56 Å². The Labute approximate surface area is 90.3 Å². The fraction of sp³-hybridized carbons (Fsp3) is 0.333. The molecule has 1 heterocycles. The second kappa shape index (κ2) is 4.93. The predicted molar refractivity (Wildman–Crippen MR) is 54.7 cm³/mol. The van der Waals surface area contributed by atoms with Crippen molar-refractivity contribution >= 4 is 5.91 Å². The highest BCUT2D eigenvalue weighted by Crippen LogP contribution is 1.84. The molecule has 0 aliphatic carbocycles. The number of nitriles is 1. The summed E-state index contributed by atoms with van der Waals surface area (Å²) in [6.45, 7) is 1.19. The van der Waals surface area contributed by atoms with Gasteiger partial charge in [0.2, 0.25) is 5.91 Å². The summed E-state index contributed by atoms with van der Waals surface area (Å²) in [4.78, 5) is 35.6. The van der Waals surface area contributed by atoms with Gasteiger partial charge >= 0.3 is 5.69 Å². The molecule has 0 bridgehead atoms. The minimum Gasteiger partial charge on any atom is -0.341 e. The van der Waals surface area contributed by atoms with Crippen LogP contribution >= 0.6 is 0 Å². The maximum Gasteiger partial charge on any atom is 0.328 e. The van der Waals surface area contributed by atoms with Gasteiger partial charge in [-0.1, -0.05) is 0 Å². The molecule has 0 spiro atoms. The highest BCUT2D eigenvalue weighted by atomic mass is 16.2. The number of nitrogens with zero attached hydrogens (tertiary/aromatic N) is 2. The van der Waals surface area contributed by atoms with Crippen molar-refractivity contribution in [1.82, 2.24) is 14.9 Å². The molecule has 1 aromatic rings. The summed E-state index contributed by atoms with van der Waals surface area (Å²) >= 11 is 0. The van der Waals surface area contributed by atoms with Gasteiger partial charge in [-0.05, 0) is 6.92 Å². The van der Waals surface area contributed by atoms with E-state index in [1.807, 2.05) is 0 Å². The smallest absolute Gasteiger partial charge is 0.328 e. The summed E-state index contributed by atoms with van der Waals surface area (Å²) in [7, 11) is 0. The topological polar surface area (TPSA) is 108 Å². The minimum absolute atomic E-state index is 0.115. The largest absolute Gasteiger partial charge is 0.341 e. The molecule has 1 rings (SSSR count). The molecule has 1 aromatic heterocycles. The van der Waals surface area contributed by atoms with Gasteiger partial charge in [0, 0.05) is 11.8 Å². The first-order valence-electron chi connectivity index (χ1n) is 4.48. The van der Waals surface area contributed by atoms with E-state index in [1.165, 1.54) is 13.1 Å². The van der Waals surface area contributed by atoms with Gasteiger partial charge in [0.1, 0.15) is 13.1 Å². The summed E-state index contributed by atoms with van der Waals surface area (Å²) in [5.41, 5.74) is -0.783. The fourth-order valence-corrected chi connectivity index (χ4v) is 1.08. The van der Waals surface area contributed by atoms with Gasteiger partial charge < -0.3 is 5.32 Å². The van der Waals surface area contributed by atoms with Crippen LogP contribution in [0, 0.1) is 18.3 Å². The van der Waals surface area contributed by atoms with Crippen LogP contribution in [0.3, 0.4) is 0 Å². The Kier molecular flexibility index (Phi) is 3.61. The van der Waals surface area contributed by atoms with E-state index < -0.39 is 17.2 Å². The number of nitrogens with one attached hydrogen (secondary N) is 2. The highest BCUT2D eigenvalue weighted by Gasteiger charge is 2.05. The minimum atomic E-state index is -0.650. The molecule has 0 saturated carbocycles. The van der Waals surface area contributed by atoms with Crippen LogP contribution in [0.15, 0.2) is 15.8 Å². The lowest BCUT2D eigenvalue weighted by atomic mass is 10.4. The van der Waals surface area contributed by atoms with Crippen LogP contribution in [-0.2, 0) is 11.3 Å². The number of aromatic amines is 1. The van der Waals surface area contributed by atoms with E-state index in [4.69, 9.17) is 5.26 Å². The van der Waals surface area contributed by atoms with Crippen molar-refractivity contribution in [1.29, 1.82) is 5.26 Å². The van der Waals surface area contributed by atoms with Gasteiger partial charge in [0.05, 0.1) is 6.07 Å². The number of carbonyl (C=O) groups excluding carboxylic acids is 1. The number of hydrogen-bond donors (Lipinski definition) is 2. The molecule has 0 radical (unpaired) electrons. The molecule has 0 unspecified atom stereocenters. The quantitative estimate of drug-likeness (QED) is 0.606. The molecular weight excluding hydrogens is 212 g/mol. The number of rotatable bonds is 3. The maximum atomic E-state index is 11.3. The summed E-state index contributed by atoms with van der Waals surface area (Å²) < 4.78 is 1.07. The molecular formula is C9H10N4O3. The molecule has 0 fully saturated rings. The van der Waals surface area contributed by atoms with E-state index in [9.17, 15) is 14.4 Å². The molecule has 0 aliphatic rings. The normalized spacial score (nSPS) is 9.50. The monoisotopic (exact) mass is 222 g/mol. The zero-order valence-electron chi connectivity index (χ0n) is 8.61. The molecule has 84 valence electrons. The first kappa shape index (κ1) is 11.7. The van der Waals surface area contributed by atoms with Gasteiger partial charge in [-0.3, -0.25) is 19.1 Å². The zero-order valence-corrected chi connectivity index (χ0v) is 8.61. The number of hydrogen-bond acceptors (Lipinski definition) is 4. The number of amides is 1. The van der Waals surface area contributed by atoms with Gasteiger partial charge in [-0.2, -0.15) is 5.26 Å². The molecule has 0 aromatic carbocycles. The van der Waals surface area contributed by atoms with Crippen LogP contribution in [0.25, 0.3) is 0 Å². The molecule has 16 heavy (non-hydrogen) atoms. The Morgan fingerprint density at radius 2 is 2.31 bits per heavy atom.